The van der Waals surface area contributed by atoms with E-state index in [2.05, 4.69) is 44.0 Å². The van der Waals surface area contributed by atoms with Gasteiger partial charge in [-0.3, -0.25) is 0 Å². The summed E-state index contributed by atoms with van der Waals surface area (Å²) >= 11 is 0. The van der Waals surface area contributed by atoms with Crippen molar-refractivity contribution in [3.8, 4) is 5.75 Å². The van der Waals surface area contributed by atoms with Crippen molar-refractivity contribution in [2.45, 2.75) is 26.2 Å². The van der Waals surface area contributed by atoms with Crippen molar-refractivity contribution in [2.24, 2.45) is 5.73 Å². The summed E-state index contributed by atoms with van der Waals surface area (Å²) in [5.41, 5.74) is 8.19. The Hall–Kier alpha value is -1.06. The van der Waals surface area contributed by atoms with E-state index < -0.39 is 0 Å². The number of hydrogen-bond acceptors (Lipinski definition) is 3. The van der Waals surface area contributed by atoms with Gasteiger partial charge in [-0.05, 0) is 36.6 Å². The molecule has 0 aliphatic carbocycles. The van der Waals surface area contributed by atoms with Crippen molar-refractivity contribution in [2.75, 3.05) is 33.8 Å². The molecule has 0 amide bonds. The van der Waals surface area contributed by atoms with Gasteiger partial charge in [0.25, 0.3) is 0 Å². The molecule has 3 heteroatoms. The second-order valence-electron chi connectivity index (χ2n) is 5.07. The highest BCUT2D eigenvalue weighted by molar-refractivity contribution is 5.39. The quantitative estimate of drug-likeness (QED) is 0.806. The lowest BCUT2D eigenvalue weighted by atomic mass is 9.98. The molecule has 0 radical (unpaired) electrons. The molecule has 0 unspecified atom stereocenters. The van der Waals surface area contributed by atoms with Crippen molar-refractivity contribution >= 4 is 0 Å². The first kappa shape index (κ1) is 15.0. The molecular formula is C15H26N2O. The van der Waals surface area contributed by atoms with Gasteiger partial charge in [0.15, 0.2) is 0 Å². The van der Waals surface area contributed by atoms with Gasteiger partial charge in [0.2, 0.25) is 0 Å². The summed E-state index contributed by atoms with van der Waals surface area (Å²) in [7, 11) is 3.84. The Morgan fingerprint density at radius 1 is 1.28 bits per heavy atom. The summed E-state index contributed by atoms with van der Waals surface area (Å²) in [4.78, 5) is 2.26. The Bertz CT molecular complexity index is 364. The third-order valence-electron chi connectivity index (χ3n) is 3.21. The molecule has 0 heterocycles. The first-order valence-corrected chi connectivity index (χ1v) is 6.64. The Labute approximate surface area is 111 Å². The lowest BCUT2D eigenvalue weighted by molar-refractivity contribution is 0.348. The van der Waals surface area contributed by atoms with Crippen LogP contribution in [0.15, 0.2) is 18.2 Å². The lowest BCUT2D eigenvalue weighted by Gasteiger charge is -2.17. The number of ether oxygens (including phenoxy) is 1. The van der Waals surface area contributed by atoms with Crippen LogP contribution in [0.1, 0.15) is 30.9 Å². The molecule has 0 saturated carbocycles. The Morgan fingerprint density at radius 2 is 2.00 bits per heavy atom. The average molecular weight is 250 g/mol. The molecular weight excluding hydrogens is 224 g/mol. The minimum Gasteiger partial charge on any atom is -0.496 e. The molecule has 3 nitrogen and oxygen atoms in total. The molecule has 0 aliphatic rings. The molecule has 102 valence electrons. The maximum atomic E-state index is 5.54. The molecule has 0 saturated heterocycles. The van der Waals surface area contributed by atoms with Gasteiger partial charge in [-0.15, -0.1) is 0 Å². The minimum absolute atomic E-state index is 0.488. The Balaban J connectivity index is 2.70. The molecule has 0 spiro atoms. The summed E-state index contributed by atoms with van der Waals surface area (Å²) in [5, 5.41) is 0. The van der Waals surface area contributed by atoms with Crippen LogP contribution in [0.3, 0.4) is 0 Å². The lowest BCUT2D eigenvalue weighted by Crippen LogP contribution is -2.27. The highest BCUT2D eigenvalue weighted by atomic mass is 16.5. The predicted molar refractivity (Wildman–Crippen MR) is 77.3 cm³/mol. The van der Waals surface area contributed by atoms with E-state index in [9.17, 15) is 0 Å². The molecule has 18 heavy (non-hydrogen) atoms. The molecule has 0 atom stereocenters. The number of rotatable bonds is 7. The fraction of sp³-hybridized carbons (Fsp3) is 0.600. The molecule has 0 aliphatic heterocycles. The molecule has 0 bridgehead atoms. The average Bonchev–Trinajstić information content (AvgIpc) is 2.36. The van der Waals surface area contributed by atoms with Crippen LogP contribution in [0.5, 0.6) is 5.75 Å². The zero-order chi connectivity index (χ0) is 13.5. The highest BCUT2D eigenvalue weighted by Gasteiger charge is 2.08. The van der Waals surface area contributed by atoms with Crippen LogP contribution in [0, 0.1) is 0 Å². The van der Waals surface area contributed by atoms with Crippen LogP contribution in [0.25, 0.3) is 0 Å². The molecule has 0 aromatic heterocycles. The summed E-state index contributed by atoms with van der Waals surface area (Å²) in [5.74, 6) is 1.48. The van der Waals surface area contributed by atoms with Crippen LogP contribution in [0.4, 0.5) is 0 Å². The fourth-order valence-electron chi connectivity index (χ4n) is 2.04. The van der Waals surface area contributed by atoms with E-state index >= 15 is 0 Å². The smallest absolute Gasteiger partial charge is 0.122 e. The molecule has 1 aromatic carbocycles. The van der Waals surface area contributed by atoms with Gasteiger partial charge < -0.3 is 15.4 Å². The normalized spacial score (nSPS) is 11.3. The second-order valence-corrected chi connectivity index (χ2v) is 5.07. The minimum atomic E-state index is 0.488. The van der Waals surface area contributed by atoms with Crippen LogP contribution in [0.2, 0.25) is 0 Å². The van der Waals surface area contributed by atoms with E-state index in [1.165, 1.54) is 11.1 Å². The van der Waals surface area contributed by atoms with Gasteiger partial charge in [-0.25, -0.2) is 0 Å². The third kappa shape index (κ3) is 4.31. The van der Waals surface area contributed by atoms with Gasteiger partial charge in [0, 0.05) is 19.6 Å². The first-order valence-electron chi connectivity index (χ1n) is 6.64. The molecule has 1 aromatic rings. The van der Waals surface area contributed by atoms with Crippen molar-refractivity contribution < 1.29 is 4.74 Å². The van der Waals surface area contributed by atoms with Gasteiger partial charge in [0.1, 0.15) is 5.75 Å². The van der Waals surface area contributed by atoms with Gasteiger partial charge in [0.05, 0.1) is 7.11 Å². The summed E-state index contributed by atoms with van der Waals surface area (Å²) in [6, 6.07) is 6.49. The van der Waals surface area contributed by atoms with Crippen molar-refractivity contribution in [1.29, 1.82) is 0 Å². The first-order chi connectivity index (χ1) is 8.58. The maximum Gasteiger partial charge on any atom is 0.122 e. The monoisotopic (exact) mass is 250 g/mol. The highest BCUT2D eigenvalue weighted by Crippen LogP contribution is 2.27. The third-order valence-corrected chi connectivity index (χ3v) is 3.21. The molecule has 2 N–H and O–H groups in total. The van der Waals surface area contributed by atoms with Crippen molar-refractivity contribution in [3.05, 3.63) is 29.3 Å². The Kier molecular flexibility index (Phi) is 6.16. The van der Waals surface area contributed by atoms with E-state index in [1.807, 2.05) is 0 Å². The largest absolute Gasteiger partial charge is 0.496 e. The van der Waals surface area contributed by atoms with Crippen LogP contribution >= 0.6 is 0 Å². The number of nitrogens with zero attached hydrogens (tertiary/aromatic N) is 1. The van der Waals surface area contributed by atoms with Crippen molar-refractivity contribution in [3.63, 3.8) is 0 Å². The van der Waals surface area contributed by atoms with E-state index in [0.29, 0.717) is 5.92 Å². The van der Waals surface area contributed by atoms with Gasteiger partial charge >= 0.3 is 0 Å². The maximum absolute atomic E-state index is 5.54. The summed E-state index contributed by atoms with van der Waals surface area (Å²) in [6.07, 6.45) is 1.06. The van der Waals surface area contributed by atoms with Crippen LogP contribution < -0.4 is 10.5 Å². The summed E-state index contributed by atoms with van der Waals surface area (Å²) < 4.78 is 5.40. The van der Waals surface area contributed by atoms with Crippen LogP contribution in [-0.4, -0.2) is 38.7 Å². The predicted octanol–water partition coefficient (Wildman–Crippen LogP) is 2.25. The van der Waals surface area contributed by atoms with Gasteiger partial charge in [-0.2, -0.15) is 0 Å². The topological polar surface area (TPSA) is 38.5 Å². The summed E-state index contributed by atoms with van der Waals surface area (Å²) in [6.45, 7) is 7.11. The molecule has 1 rings (SSSR count). The molecule has 0 fully saturated rings. The van der Waals surface area contributed by atoms with E-state index in [-0.39, 0.29) is 0 Å². The number of benzene rings is 1. The van der Waals surface area contributed by atoms with Crippen molar-refractivity contribution in [1.82, 2.24) is 4.90 Å². The second kappa shape index (κ2) is 7.39. The van der Waals surface area contributed by atoms with E-state index in [0.717, 1.165) is 31.8 Å². The zero-order valence-corrected chi connectivity index (χ0v) is 12.1. The number of nitrogens with two attached hydrogens (primary N) is 1. The Morgan fingerprint density at radius 3 is 2.56 bits per heavy atom. The number of hydrogen-bond donors (Lipinski definition) is 1. The number of methoxy groups -OCH3 is 1. The van der Waals surface area contributed by atoms with E-state index in [1.54, 1.807) is 7.11 Å². The van der Waals surface area contributed by atoms with E-state index in [4.69, 9.17) is 10.5 Å². The number of likely N-dealkylation sites (N-methyl/N-ethyl adjacent to an activating group) is 1. The zero-order valence-electron chi connectivity index (χ0n) is 12.1. The fourth-order valence-corrected chi connectivity index (χ4v) is 2.04. The standard InChI is InChI=1S/C15H26N2O/c1-12(2)14-11-13(5-6-15(14)18-4)7-9-17(3)10-8-16/h5-6,11-12H,7-10,16H2,1-4H3. The van der Waals surface area contributed by atoms with Crippen LogP contribution in [-0.2, 0) is 6.42 Å². The van der Waals surface area contributed by atoms with Gasteiger partial charge in [-0.1, -0.05) is 26.0 Å². The SMILES string of the molecule is COc1ccc(CCN(C)CCN)cc1C(C)C.